The van der Waals surface area contributed by atoms with Gasteiger partial charge in [-0.3, -0.25) is 4.90 Å². The van der Waals surface area contributed by atoms with Gasteiger partial charge in [0.15, 0.2) is 0 Å². The van der Waals surface area contributed by atoms with Crippen LogP contribution in [0.4, 0.5) is 0 Å². The van der Waals surface area contributed by atoms with Crippen LogP contribution >= 0.6 is 0 Å². The number of benzene rings is 1. The summed E-state index contributed by atoms with van der Waals surface area (Å²) in [5.41, 5.74) is 1.14. The molecule has 7 nitrogen and oxygen atoms in total. The third kappa shape index (κ3) is 3.41. The van der Waals surface area contributed by atoms with Crippen LogP contribution in [0.1, 0.15) is 29.3 Å². The highest BCUT2D eigenvalue weighted by Crippen LogP contribution is 2.37. The van der Waals surface area contributed by atoms with E-state index in [4.69, 9.17) is 9.39 Å². The molecule has 0 aliphatic carbocycles. The van der Waals surface area contributed by atoms with Gasteiger partial charge in [0.1, 0.15) is 23.2 Å². The number of carboxylic acids is 1. The zero-order valence-electron chi connectivity index (χ0n) is 15.0. The van der Waals surface area contributed by atoms with E-state index in [0.717, 1.165) is 38.3 Å². The van der Waals surface area contributed by atoms with Crippen LogP contribution < -0.4 is 14.7 Å². The first-order valence-corrected chi connectivity index (χ1v) is 9.27. The third-order valence-electron chi connectivity index (χ3n) is 5.61. The highest BCUT2D eigenvalue weighted by Gasteiger charge is 2.38. The first-order chi connectivity index (χ1) is 12.4. The van der Waals surface area contributed by atoms with Crippen LogP contribution in [0.5, 0.6) is 11.5 Å². The van der Waals surface area contributed by atoms with E-state index in [0.29, 0.717) is 23.9 Å². The van der Waals surface area contributed by atoms with Crippen LogP contribution in [-0.4, -0.2) is 66.9 Å². The number of hydrogen-bond acceptors (Lipinski definition) is 6. The Morgan fingerprint density at radius 3 is 3.00 bits per heavy atom. The fourth-order valence-corrected chi connectivity index (χ4v) is 4.16. The van der Waals surface area contributed by atoms with Crippen molar-refractivity contribution in [3.8, 4) is 11.5 Å². The fraction of sp³-hybridized carbons (Fsp3) is 0.611. The summed E-state index contributed by atoms with van der Waals surface area (Å²) in [5, 5.41) is 22.8. The molecule has 3 aliphatic heterocycles. The normalized spacial score (nSPS) is 26.2. The highest BCUT2D eigenvalue weighted by atomic mass is 16.5. The van der Waals surface area contributed by atoms with Gasteiger partial charge < -0.3 is 24.8 Å². The number of hydrogen-bond donors (Lipinski definition) is 3. The second-order valence-electron chi connectivity index (χ2n) is 8.01. The van der Waals surface area contributed by atoms with Gasteiger partial charge in [0.25, 0.3) is 0 Å². The molecule has 1 unspecified atom stereocenters. The van der Waals surface area contributed by atoms with Gasteiger partial charge in [-0.25, -0.2) is 4.79 Å². The standard InChI is InChI=1S/C18H25BN2O5/c1-18(5-7-20-10-18)11-21-8-13(9-21)25-14-3-2-12-4-6-19(24)26-16(12)15(14)17(22)23/h2-3,13,20,24H,4-11H2,1H3,(H,22,23). The number of ether oxygens (including phenoxy) is 1. The first-order valence-electron chi connectivity index (χ1n) is 9.27. The minimum absolute atomic E-state index is 0.0161. The molecule has 0 radical (unpaired) electrons. The summed E-state index contributed by atoms with van der Waals surface area (Å²) < 4.78 is 11.4. The summed E-state index contributed by atoms with van der Waals surface area (Å²) in [7, 11) is -0.962. The summed E-state index contributed by atoms with van der Waals surface area (Å²) in [6.45, 7) is 7.06. The summed E-state index contributed by atoms with van der Waals surface area (Å²) >= 11 is 0. The number of carboxylic acid groups (broad SMARTS) is 1. The van der Waals surface area contributed by atoms with Gasteiger partial charge in [0.2, 0.25) is 0 Å². The minimum Gasteiger partial charge on any atom is -0.535 e. The van der Waals surface area contributed by atoms with Crippen LogP contribution in [0.25, 0.3) is 0 Å². The Hall–Kier alpha value is -1.77. The average molecular weight is 360 g/mol. The van der Waals surface area contributed by atoms with E-state index in [2.05, 4.69) is 17.1 Å². The molecule has 0 amide bonds. The number of aryl methyl sites for hydroxylation is 1. The maximum atomic E-state index is 11.8. The van der Waals surface area contributed by atoms with Crippen molar-refractivity contribution in [1.29, 1.82) is 0 Å². The van der Waals surface area contributed by atoms with Crippen LogP contribution in [0, 0.1) is 5.41 Å². The molecule has 0 aromatic heterocycles. The molecular formula is C18H25BN2O5. The van der Waals surface area contributed by atoms with Gasteiger partial charge in [-0.2, -0.15) is 0 Å². The van der Waals surface area contributed by atoms with Crippen molar-refractivity contribution < 1.29 is 24.3 Å². The lowest BCUT2D eigenvalue weighted by Gasteiger charge is -2.43. The summed E-state index contributed by atoms with van der Waals surface area (Å²) in [4.78, 5) is 14.1. The summed E-state index contributed by atoms with van der Waals surface area (Å²) in [5.74, 6) is -0.523. The molecule has 140 valence electrons. The molecule has 1 aromatic rings. The number of aromatic carboxylic acids is 1. The SMILES string of the molecule is CC1(CN2CC(Oc3ccc4c(c3C(=O)O)OB(O)CC4)C2)CCNC1. The van der Waals surface area contributed by atoms with Crippen molar-refractivity contribution in [3.63, 3.8) is 0 Å². The lowest BCUT2D eigenvalue weighted by Crippen LogP contribution is -2.56. The van der Waals surface area contributed by atoms with Crippen molar-refractivity contribution in [3.05, 3.63) is 23.3 Å². The van der Waals surface area contributed by atoms with Gasteiger partial charge in [0.05, 0.1) is 0 Å². The lowest BCUT2D eigenvalue weighted by molar-refractivity contribution is -0.00233. The third-order valence-corrected chi connectivity index (χ3v) is 5.61. The zero-order valence-corrected chi connectivity index (χ0v) is 15.0. The number of fused-ring (bicyclic) bond motifs is 1. The van der Waals surface area contributed by atoms with E-state index in [9.17, 15) is 14.9 Å². The molecule has 3 heterocycles. The van der Waals surface area contributed by atoms with E-state index in [1.807, 2.05) is 6.07 Å². The predicted octanol–water partition coefficient (Wildman–Crippen LogP) is 0.863. The van der Waals surface area contributed by atoms with Crippen LogP contribution in [0.2, 0.25) is 6.32 Å². The Kier molecular flexibility index (Phi) is 4.58. The largest absolute Gasteiger partial charge is 0.535 e. The zero-order chi connectivity index (χ0) is 18.3. The van der Waals surface area contributed by atoms with Crippen molar-refractivity contribution >= 4 is 13.1 Å². The number of nitrogens with zero attached hydrogens (tertiary/aromatic N) is 1. The van der Waals surface area contributed by atoms with E-state index in [-0.39, 0.29) is 17.4 Å². The first kappa shape index (κ1) is 17.6. The molecule has 8 heteroatoms. The Labute approximate surface area is 153 Å². The Bertz CT molecular complexity index is 701. The van der Waals surface area contributed by atoms with E-state index >= 15 is 0 Å². The van der Waals surface area contributed by atoms with E-state index in [1.54, 1.807) is 6.07 Å². The van der Waals surface area contributed by atoms with Gasteiger partial charge >= 0.3 is 13.1 Å². The smallest absolute Gasteiger partial charge is 0.522 e. The second-order valence-corrected chi connectivity index (χ2v) is 8.01. The topological polar surface area (TPSA) is 91.3 Å². The summed E-state index contributed by atoms with van der Waals surface area (Å²) in [6.07, 6.45) is 2.23. The molecule has 0 spiro atoms. The highest BCUT2D eigenvalue weighted by molar-refractivity contribution is 6.44. The molecule has 3 aliphatic rings. The Morgan fingerprint density at radius 1 is 1.50 bits per heavy atom. The molecule has 0 bridgehead atoms. The van der Waals surface area contributed by atoms with E-state index in [1.165, 1.54) is 6.42 Å². The lowest BCUT2D eigenvalue weighted by atomic mass is 9.78. The Balaban J connectivity index is 1.43. The average Bonchev–Trinajstić information content (AvgIpc) is 2.98. The molecule has 26 heavy (non-hydrogen) atoms. The van der Waals surface area contributed by atoms with Crippen molar-refractivity contribution in [1.82, 2.24) is 10.2 Å². The fourth-order valence-electron chi connectivity index (χ4n) is 4.16. The predicted molar refractivity (Wildman–Crippen MR) is 97.0 cm³/mol. The van der Waals surface area contributed by atoms with Gasteiger partial charge in [-0.15, -0.1) is 0 Å². The monoisotopic (exact) mass is 360 g/mol. The molecule has 2 saturated heterocycles. The number of carbonyl (C=O) groups is 1. The van der Waals surface area contributed by atoms with Crippen LogP contribution in [0.3, 0.4) is 0 Å². The second kappa shape index (κ2) is 6.76. The maximum absolute atomic E-state index is 11.8. The molecule has 0 saturated carbocycles. The number of rotatable bonds is 5. The Morgan fingerprint density at radius 2 is 2.31 bits per heavy atom. The number of likely N-dealkylation sites (tertiary alicyclic amines) is 1. The van der Waals surface area contributed by atoms with E-state index < -0.39 is 13.1 Å². The molecular weight excluding hydrogens is 335 g/mol. The molecule has 1 atom stereocenters. The van der Waals surface area contributed by atoms with Gasteiger partial charge in [-0.1, -0.05) is 13.0 Å². The van der Waals surface area contributed by atoms with Crippen molar-refractivity contribution in [2.24, 2.45) is 5.41 Å². The summed E-state index contributed by atoms with van der Waals surface area (Å²) in [6, 6.07) is 3.55. The maximum Gasteiger partial charge on any atom is 0.522 e. The van der Waals surface area contributed by atoms with Gasteiger partial charge in [0, 0.05) is 26.2 Å². The molecule has 4 rings (SSSR count). The molecule has 3 N–H and O–H groups in total. The molecule has 2 fully saturated rings. The van der Waals surface area contributed by atoms with Gasteiger partial charge in [-0.05, 0) is 42.8 Å². The molecule has 1 aromatic carbocycles. The number of nitrogens with one attached hydrogen (secondary N) is 1. The van der Waals surface area contributed by atoms with Crippen molar-refractivity contribution in [2.45, 2.75) is 32.2 Å². The minimum atomic E-state index is -1.09. The van der Waals surface area contributed by atoms with Crippen LogP contribution in [0.15, 0.2) is 12.1 Å². The van der Waals surface area contributed by atoms with Crippen LogP contribution in [-0.2, 0) is 6.42 Å². The quantitative estimate of drug-likeness (QED) is 0.671. The van der Waals surface area contributed by atoms with Crippen molar-refractivity contribution in [2.75, 3.05) is 32.7 Å².